The Hall–Kier alpha value is -2.96. The molecule has 1 fully saturated rings. The third kappa shape index (κ3) is 3.82. The molecular formula is C19H17F2NO4. The summed E-state index contributed by atoms with van der Waals surface area (Å²) in [6.45, 7) is 0.0680. The molecule has 2 aromatic carbocycles. The molecule has 1 aliphatic rings. The van der Waals surface area contributed by atoms with E-state index in [0.29, 0.717) is 18.4 Å². The zero-order chi connectivity index (χ0) is 18.7. The van der Waals surface area contributed by atoms with E-state index in [1.807, 2.05) is 0 Å². The summed E-state index contributed by atoms with van der Waals surface area (Å²) in [6.07, 6.45) is 1.02. The smallest absolute Gasteiger partial charge is 0.307 e. The van der Waals surface area contributed by atoms with Crippen molar-refractivity contribution in [1.82, 2.24) is 5.32 Å². The van der Waals surface area contributed by atoms with E-state index in [2.05, 4.69) is 5.32 Å². The van der Waals surface area contributed by atoms with Crippen molar-refractivity contribution in [3.05, 3.63) is 59.7 Å². The molecule has 26 heavy (non-hydrogen) atoms. The minimum absolute atomic E-state index is 0.0680. The highest BCUT2D eigenvalue weighted by molar-refractivity contribution is 5.86. The summed E-state index contributed by atoms with van der Waals surface area (Å²) in [6, 6.07) is 9.77. The number of amides is 1. The highest BCUT2D eigenvalue weighted by atomic mass is 19.1. The van der Waals surface area contributed by atoms with Gasteiger partial charge in [0.2, 0.25) is 5.91 Å². The molecule has 136 valence electrons. The zero-order valence-corrected chi connectivity index (χ0v) is 13.7. The molecule has 2 N–H and O–H groups in total. The summed E-state index contributed by atoms with van der Waals surface area (Å²) in [5.74, 6) is -4.02. The Kier molecular flexibility index (Phi) is 5.16. The maximum atomic E-state index is 14.2. The van der Waals surface area contributed by atoms with Crippen LogP contribution in [0.1, 0.15) is 18.4 Å². The molecule has 0 bridgehead atoms. The van der Waals surface area contributed by atoms with Crippen LogP contribution in [0, 0.1) is 23.5 Å². The molecular weight excluding hydrogens is 344 g/mol. The van der Waals surface area contributed by atoms with Crippen LogP contribution in [0.15, 0.2) is 42.5 Å². The molecule has 0 heterocycles. The Bertz CT molecular complexity index is 840. The number of aliphatic carboxylic acids is 1. The van der Waals surface area contributed by atoms with Gasteiger partial charge in [0, 0.05) is 6.54 Å². The van der Waals surface area contributed by atoms with Crippen LogP contribution in [0.4, 0.5) is 8.78 Å². The van der Waals surface area contributed by atoms with Gasteiger partial charge < -0.3 is 15.2 Å². The van der Waals surface area contributed by atoms with Crippen LogP contribution in [0.3, 0.4) is 0 Å². The van der Waals surface area contributed by atoms with Crippen LogP contribution in [0.25, 0.3) is 0 Å². The summed E-state index contributed by atoms with van der Waals surface area (Å²) in [5, 5.41) is 11.6. The molecule has 1 aliphatic carbocycles. The van der Waals surface area contributed by atoms with Crippen LogP contribution in [-0.4, -0.2) is 17.0 Å². The predicted molar refractivity (Wildman–Crippen MR) is 88.6 cm³/mol. The second-order valence-corrected chi connectivity index (χ2v) is 6.14. The normalized spacial score (nSPS) is 18.7. The largest absolute Gasteiger partial charge is 0.481 e. The van der Waals surface area contributed by atoms with E-state index in [-0.39, 0.29) is 24.0 Å². The standard InChI is InChI=1S/C19H17F2NO4/c20-14-3-1-2-4-16(14)26-17-8-5-11(9-15(17)21)10-22-18(23)12-6-7-13(12)19(24)25/h1-5,8-9,12-13H,6-7,10H2,(H,22,23)(H,24,25). The Morgan fingerprint density at radius 1 is 1.04 bits per heavy atom. The Morgan fingerprint density at radius 3 is 2.35 bits per heavy atom. The molecule has 1 amide bonds. The van der Waals surface area contributed by atoms with Gasteiger partial charge in [0.25, 0.3) is 0 Å². The minimum atomic E-state index is -0.975. The molecule has 0 radical (unpaired) electrons. The van der Waals surface area contributed by atoms with E-state index in [4.69, 9.17) is 9.84 Å². The molecule has 0 aromatic heterocycles. The van der Waals surface area contributed by atoms with Gasteiger partial charge >= 0.3 is 5.97 Å². The van der Waals surface area contributed by atoms with Crippen molar-refractivity contribution in [2.24, 2.45) is 11.8 Å². The lowest BCUT2D eigenvalue weighted by Gasteiger charge is -2.31. The number of hydrogen-bond acceptors (Lipinski definition) is 3. The molecule has 1 saturated carbocycles. The second kappa shape index (κ2) is 7.51. The number of carbonyl (C=O) groups excluding carboxylic acids is 1. The molecule has 0 saturated heterocycles. The van der Waals surface area contributed by atoms with Gasteiger partial charge in [-0.25, -0.2) is 8.78 Å². The summed E-state index contributed by atoms with van der Waals surface area (Å²) in [7, 11) is 0. The molecule has 2 atom stereocenters. The van der Waals surface area contributed by atoms with Gasteiger partial charge in [-0.05, 0) is 42.7 Å². The number of nitrogens with one attached hydrogen (secondary N) is 1. The number of benzene rings is 2. The number of carboxylic acids is 1. The van der Waals surface area contributed by atoms with Crippen molar-refractivity contribution in [2.45, 2.75) is 19.4 Å². The number of hydrogen-bond donors (Lipinski definition) is 2. The average molecular weight is 361 g/mol. The number of carbonyl (C=O) groups is 2. The summed E-state index contributed by atoms with van der Waals surface area (Å²) in [5.41, 5.74) is 0.489. The van der Waals surface area contributed by atoms with E-state index in [1.165, 1.54) is 30.3 Å². The molecule has 3 rings (SSSR count). The lowest BCUT2D eigenvalue weighted by Crippen LogP contribution is -2.43. The van der Waals surface area contributed by atoms with Crippen LogP contribution < -0.4 is 10.1 Å². The topological polar surface area (TPSA) is 75.6 Å². The van der Waals surface area contributed by atoms with Gasteiger partial charge in [-0.15, -0.1) is 0 Å². The first-order chi connectivity index (χ1) is 12.5. The lowest BCUT2D eigenvalue weighted by molar-refractivity contribution is -0.152. The number of ether oxygens (including phenoxy) is 1. The number of halogens is 2. The monoisotopic (exact) mass is 361 g/mol. The van der Waals surface area contributed by atoms with Gasteiger partial charge in [-0.3, -0.25) is 9.59 Å². The molecule has 0 aliphatic heterocycles. The van der Waals surface area contributed by atoms with Crippen molar-refractivity contribution in [2.75, 3.05) is 0 Å². The van der Waals surface area contributed by atoms with Gasteiger partial charge in [-0.1, -0.05) is 18.2 Å². The number of rotatable bonds is 6. The first kappa shape index (κ1) is 17.8. The highest BCUT2D eigenvalue weighted by Crippen LogP contribution is 2.34. The fraction of sp³-hybridized carbons (Fsp3) is 0.263. The van der Waals surface area contributed by atoms with E-state index in [1.54, 1.807) is 12.1 Å². The third-order valence-corrected chi connectivity index (χ3v) is 4.45. The average Bonchev–Trinajstić information content (AvgIpc) is 2.55. The first-order valence-electron chi connectivity index (χ1n) is 8.17. The van der Waals surface area contributed by atoms with E-state index in [9.17, 15) is 18.4 Å². The molecule has 7 heteroatoms. The quantitative estimate of drug-likeness (QED) is 0.826. The lowest BCUT2D eigenvalue weighted by atomic mass is 9.73. The Balaban J connectivity index is 1.60. The van der Waals surface area contributed by atoms with Crippen LogP contribution in [-0.2, 0) is 16.1 Å². The molecule has 2 unspecified atom stereocenters. The van der Waals surface area contributed by atoms with Gasteiger partial charge in [0.15, 0.2) is 23.1 Å². The Morgan fingerprint density at radius 2 is 1.73 bits per heavy atom. The predicted octanol–water partition coefficient (Wildman–Crippen LogP) is 3.48. The summed E-state index contributed by atoms with van der Waals surface area (Å²) < 4.78 is 32.9. The fourth-order valence-electron chi connectivity index (χ4n) is 2.81. The van der Waals surface area contributed by atoms with Crippen LogP contribution in [0.2, 0.25) is 0 Å². The maximum absolute atomic E-state index is 14.2. The zero-order valence-electron chi connectivity index (χ0n) is 13.7. The minimum Gasteiger partial charge on any atom is -0.481 e. The first-order valence-corrected chi connectivity index (χ1v) is 8.17. The van der Waals surface area contributed by atoms with Gasteiger partial charge in [0.05, 0.1) is 11.8 Å². The van der Waals surface area contributed by atoms with Crippen molar-refractivity contribution >= 4 is 11.9 Å². The van der Waals surface area contributed by atoms with Crippen molar-refractivity contribution < 1.29 is 28.2 Å². The highest BCUT2D eigenvalue weighted by Gasteiger charge is 2.41. The van der Waals surface area contributed by atoms with Crippen LogP contribution in [0.5, 0.6) is 11.5 Å². The van der Waals surface area contributed by atoms with E-state index < -0.39 is 29.4 Å². The SMILES string of the molecule is O=C(O)C1CCC1C(=O)NCc1ccc(Oc2ccccc2F)c(F)c1. The molecule has 0 spiro atoms. The maximum Gasteiger partial charge on any atom is 0.307 e. The van der Waals surface area contributed by atoms with Gasteiger partial charge in [0.1, 0.15) is 0 Å². The van der Waals surface area contributed by atoms with Gasteiger partial charge in [-0.2, -0.15) is 0 Å². The van der Waals surface area contributed by atoms with Crippen LogP contribution >= 0.6 is 0 Å². The third-order valence-electron chi connectivity index (χ3n) is 4.45. The fourth-order valence-corrected chi connectivity index (χ4v) is 2.81. The van der Waals surface area contributed by atoms with E-state index >= 15 is 0 Å². The summed E-state index contributed by atoms with van der Waals surface area (Å²) in [4.78, 5) is 23.0. The number of carboxylic acid groups (broad SMARTS) is 1. The second-order valence-electron chi connectivity index (χ2n) is 6.14. The van der Waals surface area contributed by atoms with Crippen molar-refractivity contribution in [3.63, 3.8) is 0 Å². The van der Waals surface area contributed by atoms with E-state index in [0.717, 1.165) is 0 Å². The molecule has 2 aromatic rings. The summed E-state index contributed by atoms with van der Waals surface area (Å²) >= 11 is 0. The number of para-hydroxylation sites is 1. The van der Waals surface area contributed by atoms with Crippen molar-refractivity contribution in [1.29, 1.82) is 0 Å². The van der Waals surface area contributed by atoms with Crippen molar-refractivity contribution in [3.8, 4) is 11.5 Å². The Labute approximate surface area is 148 Å². The molecule has 5 nitrogen and oxygen atoms in total.